The van der Waals surface area contributed by atoms with Gasteiger partial charge in [0.1, 0.15) is 35.9 Å². The molecule has 2 aromatic heterocycles. The Bertz CT molecular complexity index is 1640. The standard InChI is InChI=1S/C44H54N2O10/c1-51-43-23-13-9-5-3-7-12-20-36(48)40(42(50)54-32-34-18-16-28-46-30-34)38-22-26-44(52-2,56-38)24-14-10-6-4-8-11-19-35(47)39(37(55-43)21-25-43)41(49)53-31-33-17-15-27-45-29-33/h15-18,21-22,25-30H,3-14,19-20,23-24,31-32H2,1-2H3/b39-37-,40-38-/t43-,44+. The monoisotopic (exact) mass is 770 g/mol. The second-order valence-electron chi connectivity index (χ2n) is 14.3. The van der Waals surface area contributed by atoms with Crippen LogP contribution in [-0.4, -0.2) is 59.3 Å². The molecule has 0 radical (unpaired) electrons. The summed E-state index contributed by atoms with van der Waals surface area (Å²) in [6, 6.07) is 7.11. The highest BCUT2D eigenvalue weighted by Gasteiger charge is 2.39. The molecule has 4 bridgehead atoms. The van der Waals surface area contributed by atoms with Crippen LogP contribution in [0.3, 0.4) is 0 Å². The van der Waals surface area contributed by atoms with Crippen LogP contribution in [0, 0.1) is 0 Å². The number of fused-ring (bicyclic) bond motifs is 4. The van der Waals surface area contributed by atoms with E-state index in [1.807, 2.05) is 0 Å². The van der Waals surface area contributed by atoms with Gasteiger partial charge in [0.05, 0.1) is 0 Å². The van der Waals surface area contributed by atoms with Gasteiger partial charge in [-0.1, -0.05) is 63.5 Å². The van der Waals surface area contributed by atoms with Gasteiger partial charge in [-0.15, -0.1) is 0 Å². The molecule has 3 aliphatic rings. The van der Waals surface area contributed by atoms with E-state index in [-0.39, 0.29) is 60.3 Å². The molecular weight excluding hydrogens is 716 g/mol. The minimum atomic E-state index is -1.10. The Morgan fingerprint density at radius 2 is 1.00 bits per heavy atom. The molecule has 5 heterocycles. The number of allylic oxidation sites excluding steroid dienone is 2. The van der Waals surface area contributed by atoms with E-state index in [1.54, 1.807) is 87.6 Å². The number of aromatic nitrogens is 2. The molecule has 0 N–H and O–H groups in total. The second kappa shape index (κ2) is 21.4. The van der Waals surface area contributed by atoms with Crippen LogP contribution in [0.2, 0.25) is 0 Å². The topological polar surface area (TPSA) is 149 Å². The molecule has 12 nitrogen and oxygen atoms in total. The zero-order valence-electron chi connectivity index (χ0n) is 32.6. The van der Waals surface area contributed by atoms with E-state index >= 15 is 0 Å². The lowest BCUT2D eigenvalue weighted by Gasteiger charge is -2.27. The Morgan fingerprint density at radius 1 is 0.607 bits per heavy atom. The van der Waals surface area contributed by atoms with Gasteiger partial charge in [-0.25, -0.2) is 9.59 Å². The predicted octanol–water partition coefficient (Wildman–Crippen LogP) is 8.02. The Morgan fingerprint density at radius 3 is 1.38 bits per heavy atom. The number of ether oxygens (including phenoxy) is 6. The van der Waals surface area contributed by atoms with Crippen LogP contribution in [0.1, 0.15) is 114 Å². The number of esters is 2. The van der Waals surface area contributed by atoms with Crippen molar-refractivity contribution in [3.05, 3.63) is 107 Å². The fourth-order valence-electron chi connectivity index (χ4n) is 6.97. The molecule has 2 aromatic rings. The first kappa shape index (κ1) is 42.2. The molecule has 0 amide bonds. The number of rotatable bonds is 8. The zero-order valence-corrected chi connectivity index (χ0v) is 32.6. The molecule has 2 atom stereocenters. The van der Waals surface area contributed by atoms with Crippen LogP contribution in [0.4, 0.5) is 0 Å². The Hall–Kier alpha value is -4.94. The third-order valence-corrected chi connectivity index (χ3v) is 10.2. The van der Waals surface area contributed by atoms with Crippen molar-refractivity contribution >= 4 is 23.5 Å². The maximum absolute atomic E-state index is 13.6. The summed E-state index contributed by atoms with van der Waals surface area (Å²) in [6.45, 7) is -0.0409. The average Bonchev–Trinajstić information content (AvgIpc) is 3.84. The number of hydrogen-bond acceptors (Lipinski definition) is 12. The Labute approximate surface area is 329 Å². The predicted molar refractivity (Wildman–Crippen MR) is 206 cm³/mol. The van der Waals surface area contributed by atoms with Crippen LogP contribution in [0.5, 0.6) is 0 Å². The van der Waals surface area contributed by atoms with E-state index in [1.165, 1.54) is 0 Å². The third kappa shape index (κ3) is 12.0. The molecule has 5 rings (SSSR count). The number of Topliss-reactive ketones (excluding diaryl/α,β-unsaturated/α-hetero) is 2. The fraction of sp³-hybridized carbons (Fsp3) is 0.500. The highest BCUT2D eigenvalue weighted by Crippen LogP contribution is 2.36. The first-order valence-corrected chi connectivity index (χ1v) is 19.8. The summed E-state index contributed by atoms with van der Waals surface area (Å²) < 4.78 is 35.2. The molecule has 0 saturated carbocycles. The van der Waals surface area contributed by atoms with Gasteiger partial charge in [0, 0.05) is 75.8 Å². The number of hydrogen-bond donors (Lipinski definition) is 0. The summed E-state index contributed by atoms with van der Waals surface area (Å²) in [4.78, 5) is 62.2. The molecule has 0 unspecified atom stereocenters. The summed E-state index contributed by atoms with van der Waals surface area (Å²) in [5.74, 6) is -4.02. The summed E-state index contributed by atoms with van der Waals surface area (Å²) in [5, 5.41) is 0. The number of pyridine rings is 2. The number of carbonyl (C=O) groups is 4. The van der Waals surface area contributed by atoms with E-state index in [9.17, 15) is 19.2 Å². The van der Waals surface area contributed by atoms with Gasteiger partial charge in [0.2, 0.25) is 11.6 Å². The fourth-order valence-corrected chi connectivity index (χ4v) is 6.97. The molecule has 0 fully saturated rings. The van der Waals surface area contributed by atoms with Gasteiger partial charge in [-0.2, -0.15) is 0 Å². The molecule has 56 heavy (non-hydrogen) atoms. The van der Waals surface area contributed by atoms with Gasteiger partial charge < -0.3 is 28.4 Å². The lowest BCUT2D eigenvalue weighted by atomic mass is 10.0. The Balaban J connectivity index is 1.25. The maximum atomic E-state index is 13.6. The van der Waals surface area contributed by atoms with Gasteiger partial charge in [-0.05, 0) is 62.1 Å². The van der Waals surface area contributed by atoms with Crippen molar-refractivity contribution < 1.29 is 47.6 Å². The molecule has 3 aliphatic heterocycles. The van der Waals surface area contributed by atoms with Gasteiger partial charge >= 0.3 is 11.9 Å². The largest absolute Gasteiger partial charge is 0.458 e. The third-order valence-electron chi connectivity index (χ3n) is 10.2. The van der Waals surface area contributed by atoms with Crippen molar-refractivity contribution in [2.45, 2.75) is 128 Å². The lowest BCUT2D eigenvalue weighted by molar-refractivity contribution is -0.159. The molecule has 0 aromatic carbocycles. The molecule has 0 spiro atoms. The van der Waals surface area contributed by atoms with Crippen molar-refractivity contribution in [3.8, 4) is 0 Å². The van der Waals surface area contributed by atoms with Crippen molar-refractivity contribution in [1.29, 1.82) is 0 Å². The van der Waals surface area contributed by atoms with Crippen LogP contribution in [-0.2, 0) is 60.8 Å². The van der Waals surface area contributed by atoms with Crippen LogP contribution in [0.15, 0.2) is 96.0 Å². The van der Waals surface area contributed by atoms with Crippen molar-refractivity contribution in [2.24, 2.45) is 0 Å². The van der Waals surface area contributed by atoms with E-state index in [4.69, 9.17) is 28.4 Å². The first-order chi connectivity index (χ1) is 27.3. The SMILES string of the molecule is CO[C@]12C=C/C(=C(/C(=O)OCc3cccnc3)C(=O)CCCCCCCC[C@@]3(OC)C=C/C(=C(/C(=O)OCc4cccnc4)C(=O)CCCCCCCC1)O3)O2. The summed E-state index contributed by atoms with van der Waals surface area (Å²) >= 11 is 0. The van der Waals surface area contributed by atoms with Crippen LogP contribution < -0.4 is 0 Å². The van der Waals surface area contributed by atoms with E-state index in [0.717, 1.165) is 64.2 Å². The molecule has 12 heteroatoms. The highest BCUT2D eigenvalue weighted by atomic mass is 16.7. The van der Waals surface area contributed by atoms with Crippen molar-refractivity contribution in [3.63, 3.8) is 0 Å². The normalized spacial score (nSPS) is 26.0. The number of ketones is 2. The summed E-state index contributed by atoms with van der Waals surface area (Å²) in [7, 11) is 3.09. The van der Waals surface area contributed by atoms with Crippen LogP contribution >= 0.6 is 0 Å². The van der Waals surface area contributed by atoms with E-state index in [0.29, 0.717) is 36.8 Å². The smallest absolute Gasteiger partial charge is 0.345 e. The Kier molecular flexibility index (Phi) is 16.1. The maximum Gasteiger partial charge on any atom is 0.345 e. The molecule has 0 aliphatic carbocycles. The number of carbonyl (C=O) groups excluding carboxylic acids is 4. The first-order valence-electron chi connectivity index (χ1n) is 19.8. The highest BCUT2D eigenvalue weighted by molar-refractivity contribution is 6.18. The second-order valence-corrected chi connectivity index (χ2v) is 14.3. The molecule has 300 valence electrons. The van der Waals surface area contributed by atoms with Gasteiger partial charge in [0.15, 0.2) is 11.6 Å². The number of nitrogens with zero attached hydrogens (tertiary/aromatic N) is 2. The average molecular weight is 771 g/mol. The van der Waals surface area contributed by atoms with Gasteiger partial charge in [0.25, 0.3) is 0 Å². The van der Waals surface area contributed by atoms with Crippen molar-refractivity contribution in [2.75, 3.05) is 14.2 Å². The quantitative estimate of drug-likeness (QED) is 0.189. The minimum Gasteiger partial charge on any atom is -0.458 e. The summed E-state index contributed by atoms with van der Waals surface area (Å²) in [5.41, 5.74) is 1.21. The lowest BCUT2D eigenvalue weighted by Crippen LogP contribution is -2.30. The van der Waals surface area contributed by atoms with Crippen molar-refractivity contribution in [1.82, 2.24) is 9.97 Å². The van der Waals surface area contributed by atoms with E-state index < -0.39 is 23.5 Å². The summed E-state index contributed by atoms with van der Waals surface area (Å²) in [6.07, 6.45) is 24.3. The number of methoxy groups -OCH3 is 2. The molecular formula is C44H54N2O10. The van der Waals surface area contributed by atoms with Gasteiger partial charge in [-0.3, -0.25) is 19.6 Å². The minimum absolute atomic E-state index is 0.0205. The molecule has 0 saturated heterocycles. The van der Waals surface area contributed by atoms with E-state index in [2.05, 4.69) is 9.97 Å². The van der Waals surface area contributed by atoms with Crippen LogP contribution in [0.25, 0.3) is 0 Å². The zero-order chi connectivity index (χ0) is 39.6.